The molecule has 9 heteroatoms. The summed E-state index contributed by atoms with van der Waals surface area (Å²) in [6.45, 7) is -0.476. The standard InChI is InChI=1S/C10H12F2N4O3/c11-10(12)3-6(4-17)19-7(10)16-5-14-9(18)15-2-1-13-8(15)16/h1-2,5-8,13,17H,3-4H2/t6-,7+,8?/m0/s1. The van der Waals surface area contributed by atoms with Gasteiger partial charge in [-0.05, 0) is 0 Å². The number of carbonyl (C=O) groups is 1. The van der Waals surface area contributed by atoms with Crippen molar-refractivity contribution in [2.45, 2.75) is 31.0 Å². The molecule has 1 fully saturated rings. The molecule has 3 aliphatic heterocycles. The molecule has 19 heavy (non-hydrogen) atoms. The van der Waals surface area contributed by atoms with Crippen molar-refractivity contribution in [3.8, 4) is 0 Å². The number of carbonyl (C=O) groups excluding carboxylic acids is 1. The van der Waals surface area contributed by atoms with E-state index in [1.165, 1.54) is 17.3 Å². The number of aliphatic imine (C=N–C) groups is 1. The van der Waals surface area contributed by atoms with Crippen molar-refractivity contribution in [3.05, 3.63) is 12.4 Å². The van der Waals surface area contributed by atoms with Crippen molar-refractivity contribution >= 4 is 12.4 Å². The first-order valence-electron chi connectivity index (χ1n) is 5.74. The number of rotatable bonds is 2. The van der Waals surface area contributed by atoms with Gasteiger partial charge in [0.2, 0.25) is 0 Å². The van der Waals surface area contributed by atoms with Gasteiger partial charge in [0.05, 0.1) is 12.7 Å². The zero-order chi connectivity index (χ0) is 13.6. The minimum Gasteiger partial charge on any atom is -0.394 e. The van der Waals surface area contributed by atoms with Gasteiger partial charge in [0, 0.05) is 18.8 Å². The number of hydrogen-bond donors (Lipinski definition) is 2. The molecule has 0 aromatic rings. The Morgan fingerprint density at radius 1 is 1.63 bits per heavy atom. The summed E-state index contributed by atoms with van der Waals surface area (Å²) >= 11 is 0. The van der Waals surface area contributed by atoms with Gasteiger partial charge in [-0.1, -0.05) is 0 Å². The minimum atomic E-state index is -3.13. The number of alkyl halides is 2. The van der Waals surface area contributed by atoms with Crippen LogP contribution in [0.2, 0.25) is 0 Å². The Morgan fingerprint density at radius 3 is 3.11 bits per heavy atom. The van der Waals surface area contributed by atoms with Crippen molar-refractivity contribution < 1.29 is 23.4 Å². The van der Waals surface area contributed by atoms with Crippen molar-refractivity contribution in [3.63, 3.8) is 0 Å². The zero-order valence-electron chi connectivity index (χ0n) is 9.74. The number of hydrogen-bond acceptors (Lipinski definition) is 5. The normalized spacial score (nSPS) is 35.7. The van der Waals surface area contributed by atoms with Gasteiger partial charge in [-0.2, -0.15) is 4.99 Å². The van der Waals surface area contributed by atoms with Crippen LogP contribution in [0.25, 0.3) is 0 Å². The number of ether oxygens (including phenoxy) is 1. The molecule has 3 aliphatic rings. The highest BCUT2D eigenvalue weighted by atomic mass is 19.3. The molecule has 0 aliphatic carbocycles. The summed E-state index contributed by atoms with van der Waals surface area (Å²) in [5.41, 5.74) is 0. The van der Waals surface area contributed by atoms with E-state index in [-0.39, 0.29) is 0 Å². The largest absolute Gasteiger partial charge is 0.394 e. The third kappa shape index (κ3) is 1.85. The van der Waals surface area contributed by atoms with Gasteiger partial charge in [0.1, 0.15) is 6.34 Å². The average molecular weight is 274 g/mol. The van der Waals surface area contributed by atoms with Gasteiger partial charge in [-0.3, -0.25) is 9.80 Å². The third-order valence-corrected chi connectivity index (χ3v) is 3.21. The fourth-order valence-electron chi connectivity index (χ4n) is 2.33. The summed E-state index contributed by atoms with van der Waals surface area (Å²) in [6, 6.07) is -0.539. The highest BCUT2D eigenvalue weighted by Crippen LogP contribution is 2.38. The zero-order valence-corrected chi connectivity index (χ0v) is 9.74. The topological polar surface area (TPSA) is 77.4 Å². The van der Waals surface area contributed by atoms with Crippen LogP contribution in [0.4, 0.5) is 13.6 Å². The van der Waals surface area contributed by atoms with E-state index in [2.05, 4.69) is 10.3 Å². The molecule has 0 saturated carbocycles. The molecule has 3 heterocycles. The molecule has 104 valence electrons. The summed E-state index contributed by atoms with van der Waals surface area (Å²) in [5, 5.41) is 11.7. The number of amides is 2. The van der Waals surface area contributed by atoms with Gasteiger partial charge in [0.15, 0.2) is 12.5 Å². The molecule has 3 rings (SSSR count). The molecule has 0 aromatic carbocycles. The van der Waals surface area contributed by atoms with E-state index in [1.54, 1.807) is 0 Å². The Hall–Kier alpha value is -1.74. The Balaban J connectivity index is 1.86. The second-order valence-corrected chi connectivity index (χ2v) is 4.50. The number of aliphatic hydroxyl groups is 1. The smallest absolute Gasteiger partial charge is 0.352 e. The third-order valence-electron chi connectivity index (χ3n) is 3.21. The van der Waals surface area contributed by atoms with Crippen molar-refractivity contribution in [2.24, 2.45) is 4.99 Å². The van der Waals surface area contributed by atoms with Crippen LogP contribution >= 0.6 is 0 Å². The number of nitrogens with zero attached hydrogens (tertiary/aromatic N) is 3. The molecule has 0 radical (unpaired) electrons. The van der Waals surface area contributed by atoms with Crippen LogP contribution in [0.1, 0.15) is 6.42 Å². The lowest BCUT2D eigenvalue weighted by molar-refractivity contribution is -0.151. The lowest BCUT2D eigenvalue weighted by Crippen LogP contribution is -2.60. The molecule has 1 saturated heterocycles. The lowest BCUT2D eigenvalue weighted by Gasteiger charge is -2.39. The summed E-state index contributed by atoms with van der Waals surface area (Å²) < 4.78 is 32.9. The first-order chi connectivity index (χ1) is 9.03. The monoisotopic (exact) mass is 274 g/mol. The van der Waals surface area contributed by atoms with Crippen LogP contribution in [0, 0.1) is 0 Å². The maximum atomic E-state index is 13.9. The second-order valence-electron chi connectivity index (χ2n) is 4.50. The Bertz CT molecular complexity index is 456. The van der Waals surface area contributed by atoms with Crippen molar-refractivity contribution in [1.29, 1.82) is 0 Å². The summed E-state index contributed by atoms with van der Waals surface area (Å²) in [7, 11) is 0. The summed E-state index contributed by atoms with van der Waals surface area (Å²) in [6.07, 6.45) is 0.108. The maximum Gasteiger partial charge on any atom is 0.352 e. The minimum absolute atomic E-state index is 0.476. The van der Waals surface area contributed by atoms with E-state index in [0.29, 0.717) is 0 Å². The van der Waals surface area contributed by atoms with E-state index in [4.69, 9.17) is 9.84 Å². The Morgan fingerprint density at radius 2 is 2.42 bits per heavy atom. The highest BCUT2D eigenvalue weighted by Gasteiger charge is 2.55. The van der Waals surface area contributed by atoms with E-state index < -0.39 is 43.6 Å². The van der Waals surface area contributed by atoms with Gasteiger partial charge in [-0.25, -0.2) is 13.6 Å². The van der Waals surface area contributed by atoms with Crippen LogP contribution in [0.5, 0.6) is 0 Å². The maximum absolute atomic E-state index is 13.9. The number of aliphatic hydroxyl groups excluding tert-OH is 1. The van der Waals surface area contributed by atoms with E-state index in [0.717, 1.165) is 11.2 Å². The predicted octanol–water partition coefficient (Wildman–Crippen LogP) is -0.147. The molecule has 7 nitrogen and oxygen atoms in total. The van der Waals surface area contributed by atoms with Crippen LogP contribution in [-0.4, -0.2) is 58.4 Å². The molecule has 0 aromatic heterocycles. The molecular weight excluding hydrogens is 262 g/mol. The number of halogens is 2. The quantitative estimate of drug-likeness (QED) is 0.732. The predicted molar refractivity (Wildman–Crippen MR) is 58.9 cm³/mol. The van der Waals surface area contributed by atoms with Gasteiger partial charge < -0.3 is 15.2 Å². The van der Waals surface area contributed by atoms with Crippen molar-refractivity contribution in [1.82, 2.24) is 15.1 Å². The van der Waals surface area contributed by atoms with E-state index in [1.807, 2.05) is 0 Å². The van der Waals surface area contributed by atoms with Crippen LogP contribution in [0.15, 0.2) is 17.4 Å². The number of fused-ring (bicyclic) bond motifs is 1. The van der Waals surface area contributed by atoms with Gasteiger partial charge in [0.25, 0.3) is 5.92 Å². The molecule has 0 bridgehead atoms. The first kappa shape index (κ1) is 12.3. The number of urea groups is 1. The SMILES string of the molecule is O=C1N=CN([C@@H]2O[C@H](CO)CC2(F)F)C2NC=CN12. The summed E-state index contributed by atoms with van der Waals surface area (Å²) in [5.74, 6) is -3.13. The Kier molecular flexibility index (Phi) is 2.68. The fraction of sp³-hybridized carbons (Fsp3) is 0.600. The number of nitrogens with one attached hydrogen (secondary N) is 1. The first-order valence-corrected chi connectivity index (χ1v) is 5.74. The lowest BCUT2D eigenvalue weighted by atomic mass is 10.2. The highest BCUT2D eigenvalue weighted by molar-refractivity contribution is 5.86. The molecular formula is C10H12F2N4O3. The fourth-order valence-corrected chi connectivity index (χ4v) is 2.33. The van der Waals surface area contributed by atoms with Crippen LogP contribution in [0.3, 0.4) is 0 Å². The second kappa shape index (κ2) is 4.14. The summed E-state index contributed by atoms with van der Waals surface area (Å²) in [4.78, 5) is 17.3. The Labute approximate surface area is 107 Å². The van der Waals surface area contributed by atoms with E-state index >= 15 is 0 Å². The van der Waals surface area contributed by atoms with Crippen molar-refractivity contribution in [2.75, 3.05) is 6.61 Å². The van der Waals surface area contributed by atoms with Crippen LogP contribution < -0.4 is 5.32 Å². The molecule has 1 unspecified atom stereocenters. The van der Waals surface area contributed by atoms with E-state index in [9.17, 15) is 13.6 Å². The molecule has 3 atom stereocenters. The van der Waals surface area contributed by atoms with Crippen LogP contribution in [-0.2, 0) is 4.74 Å². The molecule has 0 spiro atoms. The molecule has 2 N–H and O–H groups in total. The average Bonchev–Trinajstić information content (AvgIpc) is 2.95. The van der Waals surface area contributed by atoms with Gasteiger partial charge >= 0.3 is 6.03 Å². The molecule has 2 amide bonds. The van der Waals surface area contributed by atoms with Gasteiger partial charge in [-0.15, -0.1) is 0 Å².